The van der Waals surface area contributed by atoms with Gasteiger partial charge < -0.3 is 25.0 Å². The average molecular weight is 293 g/mol. The molecule has 2 aliphatic rings. The lowest BCUT2D eigenvalue weighted by molar-refractivity contribution is 0.161. The van der Waals surface area contributed by atoms with E-state index in [1.165, 1.54) is 0 Å². The summed E-state index contributed by atoms with van der Waals surface area (Å²) >= 11 is 0. The number of ether oxygens (including phenoxy) is 2. The quantitative estimate of drug-likeness (QED) is 0.762. The zero-order chi connectivity index (χ0) is 14.7. The van der Waals surface area contributed by atoms with E-state index in [-0.39, 0.29) is 6.10 Å². The van der Waals surface area contributed by atoms with Gasteiger partial charge in [0.25, 0.3) is 0 Å². The standard InChI is InChI=1S/C16H23NO4/c18-13-3-1-11(7-13)9-17-10-14(19)12-2-4-15-16(8-12)21-6-5-20-15/h2,4,8,11,13-14,17-19H,1,3,5-7,9-10H2. The summed E-state index contributed by atoms with van der Waals surface area (Å²) in [5.41, 5.74) is 0.832. The van der Waals surface area contributed by atoms with Crippen molar-refractivity contribution in [1.29, 1.82) is 0 Å². The van der Waals surface area contributed by atoms with Crippen LogP contribution in [0.15, 0.2) is 18.2 Å². The van der Waals surface area contributed by atoms with E-state index in [0.717, 1.165) is 37.1 Å². The highest BCUT2D eigenvalue weighted by Crippen LogP contribution is 2.32. The van der Waals surface area contributed by atoms with Gasteiger partial charge in [-0.25, -0.2) is 0 Å². The predicted molar refractivity (Wildman–Crippen MR) is 78.6 cm³/mol. The van der Waals surface area contributed by atoms with Crippen molar-refractivity contribution in [2.75, 3.05) is 26.3 Å². The SMILES string of the molecule is OC1CCC(CNCC(O)c2ccc3c(c2)OCCO3)C1. The van der Waals surface area contributed by atoms with Gasteiger partial charge in [0.1, 0.15) is 13.2 Å². The van der Waals surface area contributed by atoms with Crippen molar-refractivity contribution in [3.05, 3.63) is 23.8 Å². The molecule has 0 spiro atoms. The van der Waals surface area contributed by atoms with Crippen LogP contribution in [0.3, 0.4) is 0 Å². The fraction of sp³-hybridized carbons (Fsp3) is 0.625. The maximum Gasteiger partial charge on any atom is 0.161 e. The Bertz CT molecular complexity index is 479. The van der Waals surface area contributed by atoms with Crippen molar-refractivity contribution in [2.45, 2.75) is 31.5 Å². The highest BCUT2D eigenvalue weighted by atomic mass is 16.6. The fourth-order valence-electron chi connectivity index (χ4n) is 3.04. The third-order valence-electron chi connectivity index (χ3n) is 4.24. The minimum absolute atomic E-state index is 0.139. The second kappa shape index (κ2) is 6.64. The summed E-state index contributed by atoms with van der Waals surface area (Å²) < 4.78 is 11.0. The Morgan fingerprint density at radius 3 is 2.76 bits per heavy atom. The second-order valence-corrected chi connectivity index (χ2v) is 5.91. The van der Waals surface area contributed by atoms with Crippen molar-refractivity contribution in [1.82, 2.24) is 5.32 Å². The second-order valence-electron chi connectivity index (χ2n) is 5.91. The number of benzene rings is 1. The van der Waals surface area contributed by atoms with E-state index >= 15 is 0 Å². The first-order valence-corrected chi connectivity index (χ1v) is 7.69. The van der Waals surface area contributed by atoms with Gasteiger partial charge in [0.05, 0.1) is 12.2 Å². The third kappa shape index (κ3) is 3.67. The molecule has 1 saturated carbocycles. The van der Waals surface area contributed by atoms with Gasteiger partial charge in [-0.3, -0.25) is 0 Å². The van der Waals surface area contributed by atoms with Crippen LogP contribution in [0.5, 0.6) is 11.5 Å². The maximum absolute atomic E-state index is 10.2. The van der Waals surface area contributed by atoms with Crippen LogP contribution in [0.4, 0.5) is 0 Å². The molecule has 1 aromatic rings. The number of fused-ring (bicyclic) bond motifs is 1. The molecule has 1 aliphatic carbocycles. The largest absolute Gasteiger partial charge is 0.486 e. The molecule has 0 saturated heterocycles. The summed E-state index contributed by atoms with van der Waals surface area (Å²) in [7, 11) is 0. The number of nitrogens with one attached hydrogen (secondary N) is 1. The Hall–Kier alpha value is -1.30. The van der Waals surface area contributed by atoms with Crippen LogP contribution in [0.1, 0.15) is 30.9 Å². The van der Waals surface area contributed by atoms with Crippen molar-refractivity contribution in [2.24, 2.45) is 5.92 Å². The normalized spacial score (nSPS) is 25.8. The Kier molecular flexibility index (Phi) is 4.63. The van der Waals surface area contributed by atoms with Crippen molar-refractivity contribution in [3.63, 3.8) is 0 Å². The highest BCUT2D eigenvalue weighted by molar-refractivity contribution is 5.44. The van der Waals surface area contributed by atoms with E-state index in [2.05, 4.69) is 5.32 Å². The molecule has 1 fully saturated rings. The first-order valence-electron chi connectivity index (χ1n) is 7.69. The zero-order valence-electron chi connectivity index (χ0n) is 12.1. The van der Waals surface area contributed by atoms with Crippen LogP contribution in [-0.4, -0.2) is 42.6 Å². The molecule has 21 heavy (non-hydrogen) atoms. The molecule has 5 nitrogen and oxygen atoms in total. The summed E-state index contributed by atoms with van der Waals surface area (Å²) in [6.45, 7) is 2.48. The first-order chi connectivity index (χ1) is 10.2. The van der Waals surface area contributed by atoms with E-state index in [1.54, 1.807) is 0 Å². The Morgan fingerprint density at radius 1 is 1.19 bits per heavy atom. The molecule has 0 amide bonds. The first kappa shape index (κ1) is 14.6. The van der Waals surface area contributed by atoms with Crippen LogP contribution >= 0.6 is 0 Å². The molecule has 0 aromatic heterocycles. The van der Waals surface area contributed by atoms with Gasteiger partial charge in [0.2, 0.25) is 0 Å². The van der Waals surface area contributed by atoms with Gasteiger partial charge in [0.15, 0.2) is 11.5 Å². The van der Waals surface area contributed by atoms with E-state index in [0.29, 0.717) is 31.4 Å². The average Bonchev–Trinajstić information content (AvgIpc) is 2.92. The van der Waals surface area contributed by atoms with Crippen molar-refractivity contribution in [3.8, 4) is 11.5 Å². The number of hydrogen-bond donors (Lipinski definition) is 3. The van der Waals surface area contributed by atoms with Gasteiger partial charge in [-0.2, -0.15) is 0 Å². The van der Waals surface area contributed by atoms with E-state index in [4.69, 9.17) is 9.47 Å². The minimum Gasteiger partial charge on any atom is -0.486 e. The molecule has 5 heteroatoms. The van der Waals surface area contributed by atoms with E-state index < -0.39 is 6.10 Å². The lowest BCUT2D eigenvalue weighted by Gasteiger charge is -2.20. The summed E-state index contributed by atoms with van der Waals surface area (Å²) in [4.78, 5) is 0. The molecule has 3 atom stereocenters. The zero-order valence-corrected chi connectivity index (χ0v) is 12.1. The molecule has 116 valence electrons. The number of aliphatic hydroxyl groups is 2. The molecule has 3 N–H and O–H groups in total. The monoisotopic (exact) mass is 293 g/mol. The molecule has 1 aromatic carbocycles. The third-order valence-corrected chi connectivity index (χ3v) is 4.24. The van der Waals surface area contributed by atoms with Crippen LogP contribution < -0.4 is 14.8 Å². The predicted octanol–water partition coefficient (Wildman–Crippen LogP) is 1.24. The Morgan fingerprint density at radius 2 is 2.00 bits per heavy atom. The molecule has 0 bridgehead atoms. The molecule has 3 rings (SSSR count). The van der Waals surface area contributed by atoms with Gasteiger partial charge in [0, 0.05) is 6.54 Å². The summed E-state index contributed by atoms with van der Waals surface area (Å²) in [5.74, 6) is 1.97. The lowest BCUT2D eigenvalue weighted by Crippen LogP contribution is -2.27. The van der Waals surface area contributed by atoms with Crippen molar-refractivity contribution < 1.29 is 19.7 Å². The molecular weight excluding hydrogens is 270 g/mol. The number of aliphatic hydroxyl groups excluding tert-OH is 2. The van der Waals surface area contributed by atoms with Crippen LogP contribution in [-0.2, 0) is 0 Å². The highest BCUT2D eigenvalue weighted by Gasteiger charge is 2.22. The minimum atomic E-state index is -0.563. The van der Waals surface area contributed by atoms with E-state index in [1.807, 2.05) is 18.2 Å². The summed E-state index contributed by atoms with van der Waals surface area (Å²) in [6.07, 6.45) is 2.13. The molecule has 3 unspecified atom stereocenters. The summed E-state index contributed by atoms with van der Waals surface area (Å²) in [6, 6.07) is 5.57. The smallest absolute Gasteiger partial charge is 0.161 e. The van der Waals surface area contributed by atoms with Gasteiger partial charge >= 0.3 is 0 Å². The Labute approximate surface area is 124 Å². The maximum atomic E-state index is 10.2. The summed E-state index contributed by atoms with van der Waals surface area (Å²) in [5, 5.41) is 23.0. The van der Waals surface area contributed by atoms with Gasteiger partial charge in [-0.1, -0.05) is 6.07 Å². The van der Waals surface area contributed by atoms with Gasteiger partial charge in [-0.15, -0.1) is 0 Å². The van der Waals surface area contributed by atoms with Crippen LogP contribution in [0.25, 0.3) is 0 Å². The van der Waals surface area contributed by atoms with Crippen LogP contribution in [0.2, 0.25) is 0 Å². The molecule has 1 heterocycles. The Balaban J connectivity index is 1.49. The molecule has 1 aliphatic heterocycles. The fourth-order valence-corrected chi connectivity index (χ4v) is 3.04. The van der Waals surface area contributed by atoms with Crippen molar-refractivity contribution >= 4 is 0 Å². The molecular formula is C16H23NO4. The topological polar surface area (TPSA) is 71.0 Å². The molecule has 0 radical (unpaired) electrons. The van der Waals surface area contributed by atoms with E-state index in [9.17, 15) is 10.2 Å². The lowest BCUT2D eigenvalue weighted by atomic mass is 10.1. The van der Waals surface area contributed by atoms with Gasteiger partial charge in [-0.05, 0) is 49.4 Å². The number of hydrogen-bond acceptors (Lipinski definition) is 5. The number of rotatable bonds is 5. The van der Waals surface area contributed by atoms with Crippen LogP contribution in [0, 0.1) is 5.92 Å².